The molecule has 3 nitrogen and oxygen atoms in total. The minimum absolute atomic E-state index is 0.362. The van der Waals surface area contributed by atoms with Gasteiger partial charge in [-0.1, -0.05) is 18.2 Å². The molecule has 0 atom stereocenters. The van der Waals surface area contributed by atoms with E-state index in [0.717, 1.165) is 11.3 Å². The molecule has 0 aliphatic carbocycles. The summed E-state index contributed by atoms with van der Waals surface area (Å²) < 4.78 is 5.53. The molecule has 76 valence electrons. The van der Waals surface area contributed by atoms with Gasteiger partial charge in [0.2, 0.25) is 5.54 Å². The largest absolute Gasteiger partial charge is 0.486 e. The minimum atomic E-state index is -0.539. The Bertz CT molecular complexity index is 321. The van der Waals surface area contributed by atoms with Gasteiger partial charge in [0, 0.05) is 18.8 Å². The van der Waals surface area contributed by atoms with Gasteiger partial charge in [-0.15, -0.1) is 0 Å². The number of rotatable bonds is 4. The highest BCUT2D eigenvalue weighted by atomic mass is 16.5. The molecule has 0 amide bonds. The molecule has 1 aromatic carbocycles. The van der Waals surface area contributed by atoms with Crippen LogP contribution in [0.3, 0.4) is 0 Å². The first-order valence-corrected chi connectivity index (χ1v) is 4.63. The lowest BCUT2D eigenvalue weighted by atomic mass is 10.1. The van der Waals surface area contributed by atoms with Crippen LogP contribution in [0, 0.1) is 11.8 Å². The maximum absolute atomic E-state index is 10.5. The molecule has 14 heavy (non-hydrogen) atoms. The highest BCUT2D eigenvalue weighted by molar-refractivity contribution is 5.31. The fourth-order valence-corrected chi connectivity index (χ4v) is 1.01. The van der Waals surface area contributed by atoms with Crippen molar-refractivity contribution in [3.63, 3.8) is 0 Å². The van der Waals surface area contributed by atoms with Gasteiger partial charge >= 0.3 is 0 Å². The second kappa shape index (κ2) is 4.22. The lowest BCUT2D eigenvalue weighted by Gasteiger charge is -2.13. The third-order valence-corrected chi connectivity index (χ3v) is 1.96. The minimum Gasteiger partial charge on any atom is -0.486 e. The topological polar surface area (TPSA) is 40.3 Å². The number of para-hydroxylation sites is 1. The highest BCUT2D eigenvalue weighted by Crippen LogP contribution is 2.16. The van der Waals surface area contributed by atoms with E-state index in [9.17, 15) is 4.91 Å². The maximum Gasteiger partial charge on any atom is 0.235 e. The summed E-state index contributed by atoms with van der Waals surface area (Å²) in [5.41, 5.74) is 0.539. The predicted octanol–water partition coefficient (Wildman–Crippen LogP) is 0.999. The average Bonchev–Trinajstić information content (AvgIpc) is 2.17. The number of hydrogen-bond acceptors (Lipinski definition) is 2. The third kappa shape index (κ3) is 2.83. The van der Waals surface area contributed by atoms with Crippen LogP contribution in [-0.4, -0.2) is 12.1 Å². The molecule has 0 aliphatic rings. The van der Waals surface area contributed by atoms with Gasteiger partial charge in [0.1, 0.15) is 5.75 Å². The van der Waals surface area contributed by atoms with E-state index >= 15 is 0 Å². The Morgan fingerprint density at radius 3 is 2.57 bits per heavy atom. The molecule has 0 aromatic heterocycles. The molecule has 0 bridgehead atoms. The summed E-state index contributed by atoms with van der Waals surface area (Å²) in [6.45, 7) is 5.95. The Kier molecular flexibility index (Phi) is 3.23. The first-order chi connectivity index (χ1) is 6.55. The van der Waals surface area contributed by atoms with Crippen LogP contribution in [0.4, 0.5) is 0 Å². The van der Waals surface area contributed by atoms with Crippen LogP contribution in [0.15, 0.2) is 24.3 Å². The molecule has 0 saturated heterocycles. The number of ether oxygens (including phenoxy) is 1. The van der Waals surface area contributed by atoms with Crippen LogP contribution in [0.1, 0.15) is 19.4 Å². The van der Waals surface area contributed by atoms with Gasteiger partial charge in [-0.25, -0.2) is 0 Å². The molecular weight excluding hydrogens is 178 g/mol. The zero-order chi connectivity index (χ0) is 10.6. The van der Waals surface area contributed by atoms with E-state index in [-0.39, 0.29) is 0 Å². The van der Waals surface area contributed by atoms with Crippen molar-refractivity contribution >= 4 is 0 Å². The first kappa shape index (κ1) is 10.7. The third-order valence-electron chi connectivity index (χ3n) is 1.96. The lowest BCUT2D eigenvalue weighted by molar-refractivity contribution is -0.567. The summed E-state index contributed by atoms with van der Waals surface area (Å²) in [7, 11) is 0. The molecule has 0 aliphatic heterocycles. The SMILES string of the molecule is Cc1ccccc1OCC(C)(C)[NH+]=O. The number of nitrogens with one attached hydrogen (secondary N) is 1. The van der Waals surface area contributed by atoms with Crippen LogP contribution in [-0.2, 0) is 0 Å². The van der Waals surface area contributed by atoms with Crippen molar-refractivity contribution < 1.29 is 9.91 Å². The number of benzene rings is 1. The van der Waals surface area contributed by atoms with Crippen molar-refractivity contribution in [3.8, 4) is 5.75 Å². The Labute approximate surface area is 84.1 Å². The van der Waals surface area contributed by atoms with Gasteiger partial charge in [0.25, 0.3) is 0 Å². The van der Waals surface area contributed by atoms with Crippen molar-refractivity contribution in [2.75, 3.05) is 6.61 Å². The van der Waals surface area contributed by atoms with Crippen molar-refractivity contribution in [1.29, 1.82) is 0 Å². The Balaban J connectivity index is 2.62. The van der Waals surface area contributed by atoms with Crippen molar-refractivity contribution in [2.45, 2.75) is 26.3 Å². The fraction of sp³-hybridized carbons (Fsp3) is 0.455. The summed E-state index contributed by atoms with van der Waals surface area (Å²) in [5, 5.41) is 1.96. The Morgan fingerprint density at radius 2 is 2.00 bits per heavy atom. The molecule has 3 heteroatoms. The normalized spacial score (nSPS) is 11.1. The zero-order valence-electron chi connectivity index (χ0n) is 8.83. The fourth-order valence-electron chi connectivity index (χ4n) is 1.01. The highest BCUT2D eigenvalue weighted by Gasteiger charge is 2.25. The monoisotopic (exact) mass is 194 g/mol. The molecular formula is C11H16NO2+. The molecule has 0 fully saturated rings. The van der Waals surface area contributed by atoms with E-state index in [1.54, 1.807) is 13.8 Å². The molecule has 0 radical (unpaired) electrons. The van der Waals surface area contributed by atoms with E-state index in [2.05, 4.69) is 0 Å². The average molecular weight is 194 g/mol. The summed E-state index contributed by atoms with van der Waals surface area (Å²) in [4.78, 5) is 10.5. The summed E-state index contributed by atoms with van der Waals surface area (Å²) >= 11 is 0. The Hall–Kier alpha value is -1.38. The zero-order valence-corrected chi connectivity index (χ0v) is 8.83. The predicted molar refractivity (Wildman–Crippen MR) is 55.1 cm³/mol. The van der Waals surface area contributed by atoms with Gasteiger partial charge in [-0.05, 0) is 23.7 Å². The number of hydrogen-bond donors (Lipinski definition) is 1. The van der Waals surface area contributed by atoms with Gasteiger partial charge in [-0.2, -0.15) is 0 Å². The van der Waals surface area contributed by atoms with Crippen LogP contribution in [0.25, 0.3) is 0 Å². The van der Waals surface area contributed by atoms with E-state index in [4.69, 9.17) is 4.74 Å². The van der Waals surface area contributed by atoms with Gasteiger partial charge < -0.3 is 4.74 Å². The quantitative estimate of drug-likeness (QED) is 0.776. The number of nitroso groups, excluding NO2 is 1. The van der Waals surface area contributed by atoms with E-state index < -0.39 is 5.54 Å². The van der Waals surface area contributed by atoms with Gasteiger partial charge in [0.15, 0.2) is 6.61 Å². The van der Waals surface area contributed by atoms with Gasteiger partial charge in [0.05, 0.1) is 0 Å². The smallest absolute Gasteiger partial charge is 0.235 e. The summed E-state index contributed by atoms with van der Waals surface area (Å²) in [5.74, 6) is 0.829. The molecule has 1 rings (SSSR count). The van der Waals surface area contributed by atoms with Gasteiger partial charge in [-0.3, -0.25) is 0 Å². The summed E-state index contributed by atoms with van der Waals surface area (Å²) in [6, 6.07) is 7.75. The molecule has 1 aromatic rings. The first-order valence-electron chi connectivity index (χ1n) is 4.63. The van der Waals surface area contributed by atoms with Crippen LogP contribution < -0.4 is 9.91 Å². The second-order valence-corrected chi connectivity index (χ2v) is 4.04. The van der Waals surface area contributed by atoms with E-state index in [1.807, 2.05) is 36.4 Å². The van der Waals surface area contributed by atoms with Crippen LogP contribution in [0.5, 0.6) is 5.75 Å². The van der Waals surface area contributed by atoms with E-state index in [1.165, 1.54) is 0 Å². The maximum atomic E-state index is 10.5. The lowest BCUT2D eigenvalue weighted by Crippen LogP contribution is -2.81. The molecule has 0 saturated carbocycles. The summed E-state index contributed by atoms with van der Waals surface area (Å²) in [6.07, 6.45) is 0. The molecule has 0 unspecified atom stereocenters. The van der Waals surface area contributed by atoms with Crippen LogP contribution >= 0.6 is 0 Å². The Morgan fingerprint density at radius 1 is 1.36 bits per heavy atom. The molecule has 0 spiro atoms. The second-order valence-electron chi connectivity index (χ2n) is 4.04. The molecule has 0 heterocycles. The molecule has 1 N–H and O–H groups in total. The van der Waals surface area contributed by atoms with Crippen molar-refractivity contribution in [2.24, 2.45) is 0 Å². The van der Waals surface area contributed by atoms with Crippen LogP contribution in [0.2, 0.25) is 0 Å². The van der Waals surface area contributed by atoms with Crippen molar-refractivity contribution in [3.05, 3.63) is 34.7 Å². The van der Waals surface area contributed by atoms with Crippen molar-refractivity contribution in [1.82, 2.24) is 0 Å². The standard InChI is InChI=1S/C11H15NO2/c1-9-6-4-5-7-10(9)14-8-11(2,3)12-13/h4-7H,8H2,1-3H3/p+1. The van der Waals surface area contributed by atoms with E-state index in [0.29, 0.717) is 6.61 Å². The number of aryl methyl sites for hydroxylation is 1.